The highest BCUT2D eigenvalue weighted by Gasteiger charge is 2.26. The molecule has 0 aliphatic heterocycles. The van der Waals surface area contributed by atoms with Gasteiger partial charge in [0, 0.05) is 13.1 Å². The first kappa shape index (κ1) is 14.8. The van der Waals surface area contributed by atoms with Crippen LogP contribution in [0.15, 0.2) is 0 Å². The molecule has 108 valence electrons. The highest BCUT2D eigenvalue weighted by Crippen LogP contribution is 2.32. The molecule has 0 unspecified atom stereocenters. The Morgan fingerprint density at radius 3 is 2.40 bits per heavy atom. The molecule has 0 atom stereocenters. The summed E-state index contributed by atoms with van der Waals surface area (Å²) in [6.07, 6.45) is 6.23. The van der Waals surface area contributed by atoms with Crippen molar-refractivity contribution < 1.29 is 0 Å². The van der Waals surface area contributed by atoms with Crippen molar-refractivity contribution in [3.05, 3.63) is 16.8 Å². The molecule has 0 spiro atoms. The fourth-order valence-electron chi connectivity index (χ4n) is 3.09. The van der Waals surface area contributed by atoms with Gasteiger partial charge in [-0.3, -0.25) is 0 Å². The molecule has 2 rings (SSSR count). The van der Waals surface area contributed by atoms with Crippen LogP contribution in [0.2, 0.25) is 0 Å². The van der Waals surface area contributed by atoms with Crippen molar-refractivity contribution >= 4 is 5.82 Å². The second kappa shape index (κ2) is 6.21. The van der Waals surface area contributed by atoms with Gasteiger partial charge < -0.3 is 4.90 Å². The third-order valence-electron chi connectivity index (χ3n) is 4.82. The van der Waals surface area contributed by atoms with E-state index in [1.54, 1.807) is 0 Å². The molecule has 1 fully saturated rings. The number of rotatable bonds is 3. The second-order valence-corrected chi connectivity index (χ2v) is 5.91. The third-order valence-corrected chi connectivity index (χ3v) is 4.82. The molecule has 0 saturated heterocycles. The van der Waals surface area contributed by atoms with Gasteiger partial charge in [0.15, 0.2) is 5.82 Å². The lowest BCUT2D eigenvalue weighted by Crippen LogP contribution is -2.36. The van der Waals surface area contributed by atoms with E-state index in [4.69, 9.17) is 0 Å². The number of aromatic nitrogens is 2. The first-order valence-electron chi connectivity index (χ1n) is 7.55. The van der Waals surface area contributed by atoms with Crippen molar-refractivity contribution in [3.63, 3.8) is 0 Å². The molecule has 4 heteroatoms. The van der Waals surface area contributed by atoms with E-state index in [2.05, 4.69) is 35.1 Å². The summed E-state index contributed by atoms with van der Waals surface area (Å²) in [5.74, 6) is 1.62. The number of nitriles is 1. The molecule has 20 heavy (non-hydrogen) atoms. The van der Waals surface area contributed by atoms with Crippen LogP contribution in [0, 0.1) is 31.1 Å². The molecule has 1 aliphatic rings. The number of nitrogens with zero attached hydrogens (tertiary/aromatic N) is 4. The average Bonchev–Trinajstić information content (AvgIpc) is 2.49. The van der Waals surface area contributed by atoms with Crippen molar-refractivity contribution in [3.8, 4) is 6.07 Å². The zero-order chi connectivity index (χ0) is 14.7. The zero-order valence-corrected chi connectivity index (χ0v) is 13.0. The standard InChI is InChI=1S/C16H24N4/c1-5-13-6-8-14(9-7-13)20(4)16-15(10-17)11(2)12(3)18-19-16/h13-14H,5-9H2,1-4H3. The Labute approximate surface area is 121 Å². The number of aryl methyl sites for hydroxylation is 1. The van der Waals surface area contributed by atoms with Gasteiger partial charge in [-0.15, -0.1) is 5.10 Å². The van der Waals surface area contributed by atoms with E-state index in [0.29, 0.717) is 11.6 Å². The van der Waals surface area contributed by atoms with Crippen LogP contribution in [0.25, 0.3) is 0 Å². The summed E-state index contributed by atoms with van der Waals surface area (Å²) in [7, 11) is 2.05. The summed E-state index contributed by atoms with van der Waals surface area (Å²) >= 11 is 0. The topological polar surface area (TPSA) is 52.8 Å². The molecule has 1 aromatic heterocycles. The Morgan fingerprint density at radius 1 is 1.20 bits per heavy atom. The lowest BCUT2D eigenvalue weighted by Gasteiger charge is -2.35. The van der Waals surface area contributed by atoms with E-state index in [9.17, 15) is 5.26 Å². The third kappa shape index (κ3) is 2.77. The quantitative estimate of drug-likeness (QED) is 0.846. The van der Waals surface area contributed by atoms with Gasteiger partial charge in [0.05, 0.1) is 5.69 Å². The highest BCUT2D eigenvalue weighted by molar-refractivity contribution is 5.57. The van der Waals surface area contributed by atoms with E-state index < -0.39 is 0 Å². The molecule has 0 aromatic carbocycles. The maximum Gasteiger partial charge on any atom is 0.169 e. The van der Waals surface area contributed by atoms with E-state index in [0.717, 1.165) is 23.0 Å². The van der Waals surface area contributed by atoms with E-state index in [-0.39, 0.29) is 0 Å². The van der Waals surface area contributed by atoms with Crippen LogP contribution in [0.1, 0.15) is 55.8 Å². The molecule has 1 aliphatic carbocycles. The Kier molecular flexibility index (Phi) is 4.59. The molecule has 0 bridgehead atoms. The fraction of sp³-hybridized carbons (Fsp3) is 0.688. The highest BCUT2D eigenvalue weighted by atomic mass is 15.3. The first-order chi connectivity index (χ1) is 9.58. The summed E-state index contributed by atoms with van der Waals surface area (Å²) < 4.78 is 0. The number of hydrogen-bond donors (Lipinski definition) is 0. The SMILES string of the molecule is CCC1CCC(N(C)c2nnc(C)c(C)c2C#N)CC1. The number of anilines is 1. The summed E-state index contributed by atoms with van der Waals surface area (Å²) in [6.45, 7) is 6.13. The number of hydrogen-bond acceptors (Lipinski definition) is 4. The molecule has 0 radical (unpaired) electrons. The van der Waals surface area contributed by atoms with Crippen molar-refractivity contribution in [1.29, 1.82) is 5.26 Å². The summed E-state index contributed by atoms with van der Waals surface area (Å²) in [5, 5.41) is 17.9. The molecular weight excluding hydrogens is 248 g/mol. The van der Waals surface area contributed by atoms with Crippen LogP contribution in [-0.4, -0.2) is 23.3 Å². The van der Waals surface area contributed by atoms with Crippen LogP contribution in [-0.2, 0) is 0 Å². The van der Waals surface area contributed by atoms with E-state index in [1.807, 2.05) is 13.8 Å². The largest absolute Gasteiger partial charge is 0.354 e. The smallest absolute Gasteiger partial charge is 0.169 e. The van der Waals surface area contributed by atoms with Crippen LogP contribution < -0.4 is 4.90 Å². The molecule has 1 aromatic rings. The van der Waals surface area contributed by atoms with Crippen molar-refractivity contribution in [2.75, 3.05) is 11.9 Å². The summed E-state index contributed by atoms with van der Waals surface area (Å²) in [6, 6.07) is 2.79. The first-order valence-corrected chi connectivity index (χ1v) is 7.55. The molecule has 1 heterocycles. The molecule has 0 N–H and O–H groups in total. The predicted molar refractivity (Wildman–Crippen MR) is 80.7 cm³/mol. The average molecular weight is 272 g/mol. The van der Waals surface area contributed by atoms with Gasteiger partial charge in [-0.05, 0) is 51.0 Å². The fourth-order valence-corrected chi connectivity index (χ4v) is 3.09. The van der Waals surface area contributed by atoms with Gasteiger partial charge in [0.1, 0.15) is 11.6 Å². The summed E-state index contributed by atoms with van der Waals surface area (Å²) in [4.78, 5) is 2.17. The zero-order valence-electron chi connectivity index (χ0n) is 13.0. The second-order valence-electron chi connectivity index (χ2n) is 5.91. The Hall–Kier alpha value is -1.63. The van der Waals surface area contributed by atoms with Crippen molar-refractivity contribution in [2.24, 2.45) is 5.92 Å². The maximum atomic E-state index is 9.41. The predicted octanol–water partition coefficient (Wildman–Crippen LogP) is 3.37. The van der Waals surface area contributed by atoms with Gasteiger partial charge in [-0.25, -0.2) is 0 Å². The molecule has 1 saturated carbocycles. The minimum Gasteiger partial charge on any atom is -0.354 e. The van der Waals surface area contributed by atoms with Gasteiger partial charge in [-0.1, -0.05) is 13.3 Å². The molecular formula is C16H24N4. The van der Waals surface area contributed by atoms with E-state index >= 15 is 0 Å². The minimum atomic E-state index is 0.487. The summed E-state index contributed by atoms with van der Waals surface area (Å²) in [5.41, 5.74) is 2.47. The monoisotopic (exact) mass is 272 g/mol. The van der Waals surface area contributed by atoms with E-state index in [1.165, 1.54) is 32.1 Å². The molecule has 4 nitrogen and oxygen atoms in total. The van der Waals surface area contributed by atoms with Gasteiger partial charge in [0.25, 0.3) is 0 Å². The van der Waals surface area contributed by atoms with Crippen LogP contribution in [0.3, 0.4) is 0 Å². The van der Waals surface area contributed by atoms with Gasteiger partial charge in [-0.2, -0.15) is 10.4 Å². The minimum absolute atomic E-state index is 0.487. The van der Waals surface area contributed by atoms with Gasteiger partial charge >= 0.3 is 0 Å². The Morgan fingerprint density at radius 2 is 1.85 bits per heavy atom. The normalized spacial score (nSPS) is 22.4. The van der Waals surface area contributed by atoms with Crippen LogP contribution in [0.4, 0.5) is 5.82 Å². The lowest BCUT2D eigenvalue weighted by atomic mass is 9.84. The Bertz CT molecular complexity index is 510. The Balaban J connectivity index is 2.20. The van der Waals surface area contributed by atoms with Crippen molar-refractivity contribution in [2.45, 2.75) is 58.9 Å². The van der Waals surface area contributed by atoms with Crippen molar-refractivity contribution in [1.82, 2.24) is 10.2 Å². The van der Waals surface area contributed by atoms with Crippen LogP contribution in [0.5, 0.6) is 0 Å². The maximum absolute atomic E-state index is 9.41. The lowest BCUT2D eigenvalue weighted by molar-refractivity contribution is 0.312. The molecule has 0 amide bonds. The van der Waals surface area contributed by atoms with Crippen LogP contribution >= 0.6 is 0 Å². The van der Waals surface area contributed by atoms with Gasteiger partial charge in [0.2, 0.25) is 0 Å².